The molecule has 0 radical (unpaired) electrons. The van der Waals surface area contributed by atoms with Gasteiger partial charge in [0.2, 0.25) is 5.89 Å². The lowest BCUT2D eigenvalue weighted by Crippen LogP contribution is -2.09. The Morgan fingerprint density at radius 1 is 1.15 bits per heavy atom. The Morgan fingerprint density at radius 3 is 2.74 bits per heavy atom. The smallest absolute Gasteiger partial charge is 0.338 e. The molecule has 27 heavy (non-hydrogen) atoms. The molecule has 2 aromatic carbocycles. The van der Waals surface area contributed by atoms with E-state index in [0.717, 1.165) is 21.5 Å². The van der Waals surface area contributed by atoms with Crippen LogP contribution in [0.2, 0.25) is 0 Å². The minimum atomic E-state index is -0.672. The molecule has 2 aromatic heterocycles. The summed E-state index contributed by atoms with van der Waals surface area (Å²) < 4.78 is 17.2. The highest BCUT2D eigenvalue weighted by atomic mass is 32.1. The van der Waals surface area contributed by atoms with Gasteiger partial charge in [0.05, 0.1) is 28.4 Å². The monoisotopic (exact) mass is 381 g/mol. The summed E-state index contributed by atoms with van der Waals surface area (Å²) in [4.78, 5) is 16.6. The summed E-state index contributed by atoms with van der Waals surface area (Å²) in [6, 6.07) is 12.5. The highest BCUT2D eigenvalue weighted by molar-refractivity contribution is 7.16. The summed E-state index contributed by atoms with van der Waals surface area (Å²) in [5.74, 6) is 0.857. The van der Waals surface area contributed by atoms with Crippen molar-refractivity contribution < 1.29 is 18.7 Å². The number of fused-ring (bicyclic) bond motifs is 1. The molecule has 0 bridgehead atoms. The number of hydrogen-bond acceptors (Lipinski definition) is 8. The van der Waals surface area contributed by atoms with Gasteiger partial charge >= 0.3 is 5.97 Å². The zero-order valence-corrected chi connectivity index (χ0v) is 15.4. The molecule has 0 saturated heterocycles. The highest BCUT2D eigenvalue weighted by Gasteiger charge is 2.20. The number of thiazole rings is 1. The van der Waals surface area contributed by atoms with E-state index >= 15 is 0 Å². The highest BCUT2D eigenvalue weighted by Crippen LogP contribution is 2.25. The largest absolute Gasteiger partial charge is 0.497 e. The summed E-state index contributed by atoms with van der Waals surface area (Å²) in [7, 11) is 1.60. The number of ether oxygens (including phenoxy) is 2. The number of nitrogens with zero attached hydrogens (tertiary/aromatic N) is 3. The molecule has 4 rings (SSSR count). The summed E-state index contributed by atoms with van der Waals surface area (Å²) in [6.07, 6.45) is -0.672. The first-order chi connectivity index (χ1) is 13.1. The maximum atomic E-state index is 12.4. The predicted molar refractivity (Wildman–Crippen MR) is 99.7 cm³/mol. The molecule has 0 spiro atoms. The summed E-state index contributed by atoms with van der Waals surface area (Å²) in [5.41, 5.74) is 3.80. The van der Waals surface area contributed by atoms with Crippen LogP contribution in [0.25, 0.3) is 21.7 Å². The van der Waals surface area contributed by atoms with Gasteiger partial charge in [-0.2, -0.15) is 0 Å². The van der Waals surface area contributed by atoms with Gasteiger partial charge in [-0.25, -0.2) is 9.78 Å². The van der Waals surface area contributed by atoms with E-state index in [9.17, 15) is 4.79 Å². The molecule has 0 aliphatic carbocycles. The molecule has 4 aromatic rings. The van der Waals surface area contributed by atoms with Gasteiger partial charge in [0.1, 0.15) is 5.75 Å². The molecule has 136 valence electrons. The maximum Gasteiger partial charge on any atom is 0.338 e. The lowest BCUT2D eigenvalue weighted by atomic mass is 10.2. The third-order valence-corrected chi connectivity index (χ3v) is 4.77. The van der Waals surface area contributed by atoms with Gasteiger partial charge in [-0.1, -0.05) is 0 Å². The first-order valence-electron chi connectivity index (χ1n) is 8.16. The minimum absolute atomic E-state index is 0.230. The molecule has 1 atom stereocenters. The van der Waals surface area contributed by atoms with E-state index in [-0.39, 0.29) is 5.89 Å². The van der Waals surface area contributed by atoms with Crippen LogP contribution in [0.3, 0.4) is 0 Å². The summed E-state index contributed by atoms with van der Waals surface area (Å²) >= 11 is 1.47. The Bertz CT molecular complexity index is 1090. The minimum Gasteiger partial charge on any atom is -0.497 e. The van der Waals surface area contributed by atoms with E-state index in [0.29, 0.717) is 11.5 Å². The zero-order valence-electron chi connectivity index (χ0n) is 14.6. The molecule has 0 aliphatic rings. The Labute approximate surface area is 158 Å². The topological polar surface area (TPSA) is 87.3 Å². The van der Waals surface area contributed by atoms with Crippen molar-refractivity contribution in [2.24, 2.45) is 0 Å². The van der Waals surface area contributed by atoms with Crippen LogP contribution in [-0.2, 0) is 4.74 Å². The Hall–Kier alpha value is -3.26. The van der Waals surface area contributed by atoms with Gasteiger partial charge in [0, 0.05) is 5.56 Å². The quantitative estimate of drug-likeness (QED) is 0.477. The van der Waals surface area contributed by atoms with Gasteiger partial charge in [-0.15, -0.1) is 21.5 Å². The number of carbonyl (C=O) groups excluding carboxylic acids is 1. The van der Waals surface area contributed by atoms with Crippen LogP contribution in [0.1, 0.15) is 29.3 Å². The number of carbonyl (C=O) groups is 1. The SMILES string of the molecule is COc1ccc(-c2nnc([C@H](C)OC(=O)c3ccc4ncsc4c3)o2)cc1. The second-order valence-electron chi connectivity index (χ2n) is 5.76. The van der Waals surface area contributed by atoms with E-state index in [1.54, 1.807) is 49.9 Å². The van der Waals surface area contributed by atoms with Gasteiger partial charge in [-0.3, -0.25) is 0 Å². The fourth-order valence-corrected chi connectivity index (χ4v) is 3.23. The second kappa shape index (κ2) is 7.16. The molecule has 0 aliphatic heterocycles. The number of rotatable bonds is 5. The van der Waals surface area contributed by atoms with Gasteiger partial charge in [0.25, 0.3) is 5.89 Å². The zero-order chi connectivity index (χ0) is 18.8. The summed E-state index contributed by atoms with van der Waals surface area (Å²) in [5, 5.41) is 8.01. The number of esters is 1. The standard InChI is InChI=1S/C19H15N3O4S/c1-11(25-19(23)13-5-8-15-16(9-13)27-10-20-15)17-21-22-18(26-17)12-3-6-14(24-2)7-4-12/h3-11H,1-2H3/t11-/m0/s1. The first-order valence-corrected chi connectivity index (χ1v) is 9.04. The van der Waals surface area contributed by atoms with Gasteiger partial charge in [-0.05, 0) is 49.4 Å². The van der Waals surface area contributed by atoms with Crippen molar-refractivity contribution in [1.29, 1.82) is 0 Å². The van der Waals surface area contributed by atoms with E-state index in [2.05, 4.69) is 15.2 Å². The van der Waals surface area contributed by atoms with Gasteiger partial charge < -0.3 is 13.9 Å². The first kappa shape index (κ1) is 17.2. The number of hydrogen-bond donors (Lipinski definition) is 0. The van der Waals surface area contributed by atoms with Crippen LogP contribution in [0.15, 0.2) is 52.4 Å². The van der Waals surface area contributed by atoms with E-state index in [1.165, 1.54) is 11.3 Å². The average Bonchev–Trinajstić information content (AvgIpc) is 3.37. The van der Waals surface area contributed by atoms with E-state index in [4.69, 9.17) is 13.9 Å². The molecular weight excluding hydrogens is 366 g/mol. The third-order valence-electron chi connectivity index (χ3n) is 3.98. The second-order valence-corrected chi connectivity index (χ2v) is 6.64. The average molecular weight is 381 g/mol. The number of benzene rings is 2. The third kappa shape index (κ3) is 3.52. The van der Waals surface area contributed by atoms with Crippen LogP contribution < -0.4 is 4.74 Å². The van der Waals surface area contributed by atoms with Crippen LogP contribution in [-0.4, -0.2) is 28.3 Å². The van der Waals surface area contributed by atoms with E-state index in [1.807, 2.05) is 12.1 Å². The molecule has 0 N–H and O–H groups in total. The molecule has 2 heterocycles. The van der Waals surface area contributed by atoms with E-state index < -0.39 is 12.1 Å². The lowest BCUT2D eigenvalue weighted by molar-refractivity contribution is 0.0280. The molecule has 7 nitrogen and oxygen atoms in total. The number of methoxy groups -OCH3 is 1. The van der Waals surface area contributed by atoms with Crippen LogP contribution in [0.4, 0.5) is 0 Å². The molecule has 8 heteroatoms. The van der Waals surface area contributed by atoms with Crippen molar-refractivity contribution in [2.45, 2.75) is 13.0 Å². The lowest BCUT2D eigenvalue weighted by Gasteiger charge is -2.09. The molecule has 0 saturated carbocycles. The predicted octanol–water partition coefficient (Wildman–Crippen LogP) is 4.27. The van der Waals surface area contributed by atoms with Crippen molar-refractivity contribution in [1.82, 2.24) is 15.2 Å². The maximum absolute atomic E-state index is 12.4. The van der Waals surface area contributed by atoms with Crippen LogP contribution >= 0.6 is 11.3 Å². The van der Waals surface area contributed by atoms with Crippen LogP contribution in [0, 0.1) is 0 Å². The summed E-state index contributed by atoms with van der Waals surface area (Å²) in [6.45, 7) is 1.69. The van der Waals surface area contributed by atoms with Crippen molar-refractivity contribution in [3.63, 3.8) is 0 Å². The molecule has 0 amide bonds. The van der Waals surface area contributed by atoms with Crippen molar-refractivity contribution in [3.05, 3.63) is 59.4 Å². The van der Waals surface area contributed by atoms with Crippen LogP contribution in [0.5, 0.6) is 5.75 Å². The molecule has 0 fully saturated rings. The number of aromatic nitrogens is 3. The molecular formula is C19H15N3O4S. The van der Waals surface area contributed by atoms with Crippen molar-refractivity contribution in [2.75, 3.05) is 7.11 Å². The Morgan fingerprint density at radius 2 is 1.96 bits per heavy atom. The molecule has 0 unspecified atom stereocenters. The Kier molecular flexibility index (Phi) is 4.55. The fourth-order valence-electron chi connectivity index (χ4n) is 2.51. The normalized spacial score (nSPS) is 12.1. The Balaban J connectivity index is 1.48. The van der Waals surface area contributed by atoms with Gasteiger partial charge in [0.15, 0.2) is 6.10 Å². The van der Waals surface area contributed by atoms with Crippen molar-refractivity contribution >= 4 is 27.5 Å². The van der Waals surface area contributed by atoms with Crippen molar-refractivity contribution in [3.8, 4) is 17.2 Å². The fraction of sp³-hybridized carbons (Fsp3) is 0.158.